The fraction of sp³-hybridized carbons (Fsp3) is 0.292. The summed E-state index contributed by atoms with van der Waals surface area (Å²) in [7, 11) is 0. The Kier molecular flexibility index (Phi) is 5.05. The number of fused-ring (bicyclic) bond motifs is 1. The first kappa shape index (κ1) is 21.9. The van der Waals surface area contributed by atoms with Crippen LogP contribution in [0.2, 0.25) is 0 Å². The van der Waals surface area contributed by atoms with Gasteiger partial charge in [0.05, 0.1) is 35.0 Å². The number of nitrogens with zero attached hydrogens (tertiary/aromatic N) is 6. The Hall–Kier alpha value is -3.92. The first-order chi connectivity index (χ1) is 16.1. The molecule has 4 heterocycles. The molecule has 0 atom stereocenters. The van der Waals surface area contributed by atoms with Crippen molar-refractivity contribution in [3.8, 4) is 22.7 Å². The highest BCUT2D eigenvalue weighted by Crippen LogP contribution is 2.35. The van der Waals surface area contributed by atoms with Crippen LogP contribution in [0.5, 0.6) is 5.75 Å². The molecule has 0 saturated carbocycles. The van der Waals surface area contributed by atoms with Gasteiger partial charge in [0, 0.05) is 35.6 Å². The number of nitrogens with one attached hydrogen (secondary N) is 1. The summed E-state index contributed by atoms with van der Waals surface area (Å²) in [5.74, 6) is -0.202. The topological polar surface area (TPSA) is 99.2 Å². The molecule has 0 radical (unpaired) electrons. The van der Waals surface area contributed by atoms with Gasteiger partial charge < -0.3 is 10.1 Å². The molecule has 0 amide bonds. The van der Waals surface area contributed by atoms with E-state index in [-0.39, 0.29) is 28.9 Å². The van der Waals surface area contributed by atoms with Crippen molar-refractivity contribution in [2.75, 3.05) is 0 Å². The molecule has 0 spiro atoms. The molecule has 9 nitrogen and oxygen atoms in total. The zero-order valence-corrected chi connectivity index (χ0v) is 19.3. The second kappa shape index (κ2) is 7.84. The maximum absolute atomic E-state index is 15.2. The Morgan fingerprint density at radius 1 is 1.12 bits per heavy atom. The number of aromatic nitrogens is 6. The molecule has 1 N–H and O–H groups in total. The van der Waals surface area contributed by atoms with E-state index >= 15 is 4.39 Å². The van der Waals surface area contributed by atoms with Gasteiger partial charge in [0.2, 0.25) is 5.78 Å². The fourth-order valence-corrected chi connectivity index (χ4v) is 4.68. The van der Waals surface area contributed by atoms with Crippen LogP contribution in [0.3, 0.4) is 0 Å². The van der Waals surface area contributed by atoms with Crippen molar-refractivity contribution in [1.29, 1.82) is 0 Å². The van der Waals surface area contributed by atoms with E-state index in [4.69, 9.17) is 9.72 Å². The van der Waals surface area contributed by atoms with Crippen LogP contribution in [-0.4, -0.2) is 46.9 Å². The number of ether oxygens (including phenoxy) is 1. The number of carbonyl (C=O) groups excluding carboxylic acids is 1. The van der Waals surface area contributed by atoms with Gasteiger partial charge in [-0.25, -0.2) is 14.4 Å². The second-order valence-electron chi connectivity index (χ2n) is 9.56. The number of halogens is 1. The standard InChI is InChI=1S/C24H24FN7O2/c1-23(2)11-15(12-24(3,4)30-23)18-5-8-31-13-19(29-22(31)28-18)21-17(25)9-16(10-20(21)34-14-33)32-26-6-7-27-32/h5-11,13-14,30H,12H2,1-4H3. The van der Waals surface area contributed by atoms with Crippen LogP contribution in [0.1, 0.15) is 39.8 Å². The molecule has 0 saturated heterocycles. The molecule has 0 bridgehead atoms. The predicted octanol–water partition coefficient (Wildman–Crippen LogP) is 3.59. The minimum atomic E-state index is -0.625. The highest BCUT2D eigenvalue weighted by molar-refractivity contribution is 5.74. The van der Waals surface area contributed by atoms with Gasteiger partial charge >= 0.3 is 0 Å². The van der Waals surface area contributed by atoms with Crippen LogP contribution < -0.4 is 10.1 Å². The van der Waals surface area contributed by atoms with Gasteiger partial charge in [-0.1, -0.05) is 6.08 Å². The predicted molar refractivity (Wildman–Crippen MR) is 124 cm³/mol. The molecular weight excluding hydrogens is 437 g/mol. The molecular formula is C24H24FN7O2. The average Bonchev–Trinajstić information content (AvgIpc) is 3.41. The molecule has 1 aromatic carbocycles. The Morgan fingerprint density at radius 2 is 1.85 bits per heavy atom. The zero-order chi connectivity index (χ0) is 24.1. The number of imidazole rings is 1. The lowest BCUT2D eigenvalue weighted by molar-refractivity contribution is -0.120. The van der Waals surface area contributed by atoms with Crippen molar-refractivity contribution in [2.24, 2.45) is 0 Å². The Labute approximate surface area is 195 Å². The van der Waals surface area contributed by atoms with Crippen molar-refractivity contribution >= 4 is 17.8 Å². The summed E-state index contributed by atoms with van der Waals surface area (Å²) in [6, 6.07) is 4.67. The third-order valence-corrected chi connectivity index (χ3v) is 5.60. The summed E-state index contributed by atoms with van der Waals surface area (Å²) in [5.41, 5.74) is 2.33. The summed E-state index contributed by atoms with van der Waals surface area (Å²) in [6.07, 6.45) is 9.42. The van der Waals surface area contributed by atoms with Crippen LogP contribution >= 0.6 is 0 Å². The van der Waals surface area contributed by atoms with Crippen molar-refractivity contribution in [1.82, 2.24) is 34.7 Å². The Bertz CT molecular complexity index is 1420. The van der Waals surface area contributed by atoms with Gasteiger partial charge in [-0.3, -0.25) is 9.20 Å². The van der Waals surface area contributed by atoms with E-state index in [9.17, 15) is 4.79 Å². The largest absolute Gasteiger partial charge is 0.428 e. The van der Waals surface area contributed by atoms with E-state index in [2.05, 4.69) is 54.3 Å². The quantitative estimate of drug-likeness (QED) is 0.454. The van der Waals surface area contributed by atoms with Gasteiger partial charge in [-0.15, -0.1) is 0 Å². The molecule has 3 aromatic heterocycles. The van der Waals surface area contributed by atoms with Gasteiger partial charge in [-0.2, -0.15) is 15.0 Å². The van der Waals surface area contributed by atoms with Crippen LogP contribution in [0.4, 0.5) is 4.39 Å². The molecule has 174 valence electrons. The minimum absolute atomic E-state index is 0.00971. The summed E-state index contributed by atoms with van der Waals surface area (Å²) < 4.78 is 22.0. The molecule has 10 heteroatoms. The summed E-state index contributed by atoms with van der Waals surface area (Å²) in [4.78, 5) is 21.6. The third-order valence-electron chi connectivity index (χ3n) is 5.60. The monoisotopic (exact) mass is 461 g/mol. The highest BCUT2D eigenvalue weighted by atomic mass is 19.1. The van der Waals surface area contributed by atoms with Gasteiger partial charge in [0.1, 0.15) is 11.6 Å². The van der Waals surface area contributed by atoms with E-state index in [1.165, 1.54) is 29.3 Å². The lowest BCUT2D eigenvalue weighted by atomic mass is 9.82. The molecule has 0 unspecified atom stereocenters. The average molecular weight is 462 g/mol. The fourth-order valence-electron chi connectivity index (χ4n) is 4.68. The normalized spacial score (nSPS) is 16.9. The molecule has 34 heavy (non-hydrogen) atoms. The Morgan fingerprint density at radius 3 is 2.56 bits per heavy atom. The van der Waals surface area contributed by atoms with Crippen LogP contribution in [0.25, 0.3) is 28.3 Å². The number of hydrogen-bond acceptors (Lipinski definition) is 7. The number of hydrogen-bond donors (Lipinski definition) is 1. The van der Waals surface area contributed by atoms with E-state index in [1.54, 1.807) is 10.6 Å². The molecule has 4 aromatic rings. The van der Waals surface area contributed by atoms with Crippen LogP contribution in [-0.2, 0) is 4.79 Å². The van der Waals surface area contributed by atoms with Crippen LogP contribution in [0.15, 0.2) is 49.1 Å². The Balaban J connectivity index is 1.58. The van der Waals surface area contributed by atoms with Gasteiger partial charge in [0.15, 0.2) is 0 Å². The van der Waals surface area contributed by atoms with E-state index in [0.29, 0.717) is 17.2 Å². The van der Waals surface area contributed by atoms with Crippen molar-refractivity contribution in [3.63, 3.8) is 0 Å². The smallest absolute Gasteiger partial charge is 0.298 e. The van der Waals surface area contributed by atoms with Crippen molar-refractivity contribution < 1.29 is 13.9 Å². The number of rotatable bonds is 5. The van der Waals surface area contributed by atoms with Crippen molar-refractivity contribution in [2.45, 2.75) is 45.2 Å². The summed E-state index contributed by atoms with van der Waals surface area (Å²) in [5, 5.41) is 11.6. The highest BCUT2D eigenvalue weighted by Gasteiger charge is 2.33. The minimum Gasteiger partial charge on any atom is -0.428 e. The maximum atomic E-state index is 15.2. The number of benzene rings is 1. The van der Waals surface area contributed by atoms with Crippen molar-refractivity contribution in [3.05, 3.63) is 60.6 Å². The summed E-state index contributed by atoms with van der Waals surface area (Å²) in [6.45, 7) is 8.82. The lowest BCUT2D eigenvalue weighted by Crippen LogP contribution is -2.53. The van der Waals surface area contributed by atoms with Crippen LogP contribution in [0, 0.1) is 5.82 Å². The van der Waals surface area contributed by atoms with Gasteiger partial charge in [0.25, 0.3) is 6.47 Å². The van der Waals surface area contributed by atoms with E-state index in [1.807, 2.05) is 12.3 Å². The lowest BCUT2D eigenvalue weighted by Gasteiger charge is -2.41. The van der Waals surface area contributed by atoms with Gasteiger partial charge in [-0.05, 0) is 45.8 Å². The third kappa shape index (κ3) is 4.08. The molecule has 0 aliphatic carbocycles. The molecule has 1 aliphatic heterocycles. The molecule has 5 rings (SSSR count). The van der Waals surface area contributed by atoms with E-state index < -0.39 is 5.82 Å². The second-order valence-corrected chi connectivity index (χ2v) is 9.56. The maximum Gasteiger partial charge on any atom is 0.298 e. The SMILES string of the molecule is CC1(C)C=C(c2ccn3cc(-c4c(F)cc(-n5nccn5)cc4OC=O)nc3n2)CC(C)(C)N1. The molecule has 1 aliphatic rings. The summed E-state index contributed by atoms with van der Waals surface area (Å²) >= 11 is 0. The van der Waals surface area contributed by atoms with E-state index in [0.717, 1.165) is 17.7 Å². The molecule has 0 fully saturated rings. The first-order valence-corrected chi connectivity index (χ1v) is 10.8. The first-order valence-electron chi connectivity index (χ1n) is 10.8. The number of carbonyl (C=O) groups is 1. The zero-order valence-electron chi connectivity index (χ0n) is 19.3.